The molecule has 0 radical (unpaired) electrons. The Labute approximate surface area is 170 Å². The smallest absolute Gasteiger partial charge is 0.364 e. The van der Waals surface area contributed by atoms with Gasteiger partial charge in [0.05, 0.1) is 5.56 Å². The van der Waals surface area contributed by atoms with Gasteiger partial charge in [-0.1, -0.05) is 0 Å². The first-order chi connectivity index (χ1) is 13.6. The molecule has 1 aliphatic rings. The SMILES string of the molecule is Cn1cc(SN2CCC(C(=O)Nc3ccc(C(F)(F)F)cc3)CC2)cc1C(N)=O. The second-order valence-electron chi connectivity index (χ2n) is 6.90. The van der Waals surface area contributed by atoms with Gasteiger partial charge in [-0.05, 0) is 55.1 Å². The van der Waals surface area contributed by atoms with Crippen LogP contribution in [0.1, 0.15) is 28.9 Å². The molecule has 0 saturated carbocycles. The molecule has 2 aromatic rings. The van der Waals surface area contributed by atoms with Crippen LogP contribution in [0.15, 0.2) is 41.4 Å². The number of aromatic nitrogens is 1. The van der Waals surface area contributed by atoms with Crippen molar-refractivity contribution in [3.8, 4) is 0 Å². The normalized spacial score (nSPS) is 16.0. The van der Waals surface area contributed by atoms with E-state index in [1.165, 1.54) is 24.1 Å². The minimum absolute atomic E-state index is 0.190. The Kier molecular flexibility index (Phi) is 6.23. The summed E-state index contributed by atoms with van der Waals surface area (Å²) >= 11 is 1.51. The Morgan fingerprint density at radius 3 is 2.31 bits per heavy atom. The van der Waals surface area contributed by atoms with Crippen molar-refractivity contribution in [2.45, 2.75) is 23.9 Å². The summed E-state index contributed by atoms with van der Waals surface area (Å²) < 4.78 is 41.6. The number of rotatable bonds is 5. The van der Waals surface area contributed by atoms with E-state index in [-0.39, 0.29) is 11.8 Å². The number of piperidine rings is 1. The van der Waals surface area contributed by atoms with Gasteiger partial charge in [-0.2, -0.15) is 13.2 Å². The Hall–Kier alpha value is -2.46. The number of nitrogens with two attached hydrogens (primary N) is 1. The van der Waals surface area contributed by atoms with E-state index in [0.717, 1.165) is 17.0 Å². The third-order valence-electron chi connectivity index (χ3n) is 4.77. The third kappa shape index (κ3) is 5.33. The molecular formula is C19H21F3N4O2S. The molecule has 29 heavy (non-hydrogen) atoms. The highest BCUT2D eigenvalue weighted by molar-refractivity contribution is 7.97. The molecule has 156 valence electrons. The predicted molar refractivity (Wildman–Crippen MR) is 104 cm³/mol. The van der Waals surface area contributed by atoms with Crippen LogP contribution in [0.25, 0.3) is 0 Å². The summed E-state index contributed by atoms with van der Waals surface area (Å²) in [5.41, 5.74) is 5.35. The Morgan fingerprint density at radius 1 is 1.17 bits per heavy atom. The van der Waals surface area contributed by atoms with Gasteiger partial charge < -0.3 is 15.6 Å². The Balaban J connectivity index is 1.50. The molecule has 2 heterocycles. The summed E-state index contributed by atoms with van der Waals surface area (Å²) in [6.07, 6.45) is -1.30. The van der Waals surface area contributed by atoms with E-state index >= 15 is 0 Å². The van der Waals surface area contributed by atoms with Gasteiger partial charge in [0.25, 0.3) is 5.91 Å². The predicted octanol–water partition coefficient (Wildman–Crippen LogP) is 3.50. The summed E-state index contributed by atoms with van der Waals surface area (Å²) in [5, 5.41) is 2.69. The lowest BCUT2D eigenvalue weighted by molar-refractivity contribution is -0.137. The van der Waals surface area contributed by atoms with E-state index < -0.39 is 17.6 Å². The molecule has 3 N–H and O–H groups in total. The molecule has 0 spiro atoms. The summed E-state index contributed by atoms with van der Waals surface area (Å²) in [5.74, 6) is -0.880. The number of alkyl halides is 3. The highest BCUT2D eigenvalue weighted by Gasteiger charge is 2.30. The van der Waals surface area contributed by atoms with Crippen LogP contribution in [0.5, 0.6) is 0 Å². The number of anilines is 1. The highest BCUT2D eigenvalue weighted by Crippen LogP contribution is 2.31. The molecule has 1 aromatic carbocycles. The molecule has 0 atom stereocenters. The van der Waals surface area contributed by atoms with Crippen molar-refractivity contribution in [1.29, 1.82) is 0 Å². The maximum Gasteiger partial charge on any atom is 0.416 e. The van der Waals surface area contributed by atoms with Crippen LogP contribution < -0.4 is 11.1 Å². The maximum absolute atomic E-state index is 12.6. The number of nitrogens with one attached hydrogen (secondary N) is 1. The lowest BCUT2D eigenvalue weighted by Crippen LogP contribution is -2.34. The quantitative estimate of drug-likeness (QED) is 0.718. The molecule has 10 heteroatoms. The molecule has 1 saturated heterocycles. The van der Waals surface area contributed by atoms with Gasteiger partial charge in [-0.15, -0.1) is 0 Å². The van der Waals surface area contributed by atoms with Crippen molar-refractivity contribution >= 4 is 29.4 Å². The zero-order valence-electron chi connectivity index (χ0n) is 15.7. The van der Waals surface area contributed by atoms with Gasteiger partial charge in [0.15, 0.2) is 0 Å². The van der Waals surface area contributed by atoms with Gasteiger partial charge in [0.2, 0.25) is 5.91 Å². The minimum atomic E-state index is -4.40. The van der Waals surface area contributed by atoms with Crippen LogP contribution in [0.3, 0.4) is 0 Å². The molecule has 1 aromatic heterocycles. The molecule has 3 rings (SSSR count). The lowest BCUT2D eigenvalue weighted by Gasteiger charge is -2.30. The van der Waals surface area contributed by atoms with E-state index in [0.29, 0.717) is 37.3 Å². The van der Waals surface area contributed by atoms with Crippen LogP contribution in [0, 0.1) is 5.92 Å². The minimum Gasteiger partial charge on any atom is -0.364 e. The van der Waals surface area contributed by atoms with E-state index in [4.69, 9.17) is 5.73 Å². The first-order valence-electron chi connectivity index (χ1n) is 9.00. The zero-order valence-corrected chi connectivity index (χ0v) is 16.5. The van der Waals surface area contributed by atoms with E-state index in [2.05, 4.69) is 9.62 Å². The zero-order chi connectivity index (χ0) is 21.2. The van der Waals surface area contributed by atoms with Crippen molar-refractivity contribution in [3.05, 3.63) is 47.8 Å². The molecule has 0 bridgehead atoms. The molecule has 1 fully saturated rings. The molecule has 2 amide bonds. The van der Waals surface area contributed by atoms with E-state index in [9.17, 15) is 22.8 Å². The standard InChI is InChI=1S/C19H21F3N4O2S/c1-25-11-15(10-16(25)17(23)27)29-26-8-6-12(7-9-26)18(28)24-14-4-2-13(3-5-14)19(20,21)22/h2-5,10-12H,6-9H2,1H3,(H2,23,27)(H,24,28). The number of hydrogen-bond donors (Lipinski definition) is 2. The van der Waals surface area contributed by atoms with Crippen LogP contribution in [0.2, 0.25) is 0 Å². The number of primary amides is 1. The molecule has 0 unspecified atom stereocenters. The molecule has 6 nitrogen and oxygen atoms in total. The first-order valence-corrected chi connectivity index (χ1v) is 9.78. The fraction of sp³-hybridized carbons (Fsp3) is 0.368. The molecule has 0 aliphatic carbocycles. The van der Waals surface area contributed by atoms with Gasteiger partial charge in [0.1, 0.15) is 5.69 Å². The van der Waals surface area contributed by atoms with Crippen molar-refractivity contribution in [2.75, 3.05) is 18.4 Å². The van der Waals surface area contributed by atoms with Crippen molar-refractivity contribution in [2.24, 2.45) is 18.7 Å². The third-order valence-corrected chi connectivity index (χ3v) is 5.83. The number of benzene rings is 1. The van der Waals surface area contributed by atoms with Crippen molar-refractivity contribution in [3.63, 3.8) is 0 Å². The number of amides is 2. The summed E-state index contributed by atoms with van der Waals surface area (Å²) in [4.78, 5) is 24.7. The monoisotopic (exact) mass is 426 g/mol. The number of nitrogens with zero attached hydrogens (tertiary/aromatic N) is 2. The van der Waals surface area contributed by atoms with Gasteiger partial charge in [0, 0.05) is 42.8 Å². The Morgan fingerprint density at radius 2 is 1.79 bits per heavy atom. The second-order valence-corrected chi connectivity index (χ2v) is 8.07. The van der Waals surface area contributed by atoms with E-state index in [1.54, 1.807) is 17.7 Å². The highest BCUT2D eigenvalue weighted by atomic mass is 32.2. The van der Waals surface area contributed by atoms with Crippen LogP contribution >= 0.6 is 11.9 Å². The largest absolute Gasteiger partial charge is 0.416 e. The van der Waals surface area contributed by atoms with E-state index in [1.807, 2.05) is 6.20 Å². The number of carbonyl (C=O) groups is 2. The number of halogens is 3. The number of carbonyl (C=O) groups excluding carboxylic acids is 2. The molecule has 1 aliphatic heterocycles. The fourth-order valence-electron chi connectivity index (χ4n) is 3.17. The van der Waals surface area contributed by atoms with Gasteiger partial charge >= 0.3 is 6.18 Å². The summed E-state index contributed by atoms with van der Waals surface area (Å²) in [6, 6.07) is 6.16. The average Bonchev–Trinajstić information content (AvgIpc) is 3.02. The van der Waals surface area contributed by atoms with Crippen LogP contribution in [-0.4, -0.2) is 33.8 Å². The second kappa shape index (κ2) is 8.50. The lowest BCUT2D eigenvalue weighted by atomic mass is 9.97. The fourth-order valence-corrected chi connectivity index (χ4v) is 4.24. The van der Waals surface area contributed by atoms with Gasteiger partial charge in [-0.3, -0.25) is 9.59 Å². The average molecular weight is 426 g/mol. The molecular weight excluding hydrogens is 405 g/mol. The van der Waals surface area contributed by atoms with Crippen LogP contribution in [-0.2, 0) is 18.0 Å². The Bertz CT molecular complexity index is 888. The summed E-state index contributed by atoms with van der Waals surface area (Å²) in [7, 11) is 1.75. The van der Waals surface area contributed by atoms with Crippen molar-refractivity contribution in [1.82, 2.24) is 8.87 Å². The van der Waals surface area contributed by atoms with Gasteiger partial charge in [-0.25, -0.2) is 4.31 Å². The maximum atomic E-state index is 12.6. The van der Waals surface area contributed by atoms with Crippen LogP contribution in [0.4, 0.5) is 18.9 Å². The number of hydrogen-bond acceptors (Lipinski definition) is 4. The summed E-state index contributed by atoms with van der Waals surface area (Å²) in [6.45, 7) is 1.35. The number of aryl methyl sites for hydroxylation is 1. The topological polar surface area (TPSA) is 80.4 Å². The van der Waals surface area contributed by atoms with Crippen molar-refractivity contribution < 1.29 is 22.8 Å². The first kappa shape index (κ1) is 21.3.